The number of nitriles is 1. The van der Waals surface area contributed by atoms with Crippen molar-refractivity contribution in [3.8, 4) is 17.6 Å². The number of nitro benzene ring substituents is 1. The van der Waals surface area contributed by atoms with Crippen LogP contribution >= 0.6 is 0 Å². The molecular weight excluding hydrogens is 238 g/mol. The summed E-state index contributed by atoms with van der Waals surface area (Å²) in [5.41, 5.74) is 5.32. The highest BCUT2D eigenvalue weighted by Crippen LogP contribution is 2.31. The van der Waals surface area contributed by atoms with Crippen LogP contribution < -0.4 is 15.2 Å². The molecule has 0 fully saturated rings. The molecule has 0 radical (unpaired) electrons. The summed E-state index contributed by atoms with van der Waals surface area (Å²) in [5, 5.41) is 19.1. The van der Waals surface area contributed by atoms with Gasteiger partial charge in [-0.15, -0.1) is 0 Å². The van der Waals surface area contributed by atoms with Crippen LogP contribution in [0.5, 0.6) is 11.5 Å². The quantitative estimate of drug-likeness (QED) is 0.601. The zero-order valence-corrected chi connectivity index (χ0v) is 9.83. The molecule has 2 N–H and O–H groups in total. The molecule has 0 heterocycles. The normalized spacial score (nSPS) is 11.4. The van der Waals surface area contributed by atoms with E-state index in [1.165, 1.54) is 25.3 Å². The SMILES string of the molecule is COc1ccc([N+](=O)[O-])cc1OCCC(N)C#N. The van der Waals surface area contributed by atoms with Crippen molar-refractivity contribution in [2.24, 2.45) is 5.73 Å². The van der Waals surface area contributed by atoms with Crippen LogP contribution in [0.25, 0.3) is 0 Å². The van der Waals surface area contributed by atoms with Gasteiger partial charge in [-0.05, 0) is 6.07 Å². The van der Waals surface area contributed by atoms with Gasteiger partial charge in [-0.25, -0.2) is 0 Å². The molecule has 1 atom stereocenters. The van der Waals surface area contributed by atoms with Gasteiger partial charge >= 0.3 is 0 Å². The Morgan fingerprint density at radius 2 is 2.28 bits per heavy atom. The summed E-state index contributed by atoms with van der Waals surface area (Å²) in [6.45, 7) is 0.187. The molecule has 0 saturated carbocycles. The second kappa shape index (κ2) is 6.42. The summed E-state index contributed by atoms with van der Waals surface area (Å²) in [7, 11) is 1.44. The van der Waals surface area contributed by atoms with E-state index in [9.17, 15) is 10.1 Å². The fourth-order valence-corrected chi connectivity index (χ4v) is 1.25. The van der Waals surface area contributed by atoms with E-state index in [-0.39, 0.29) is 18.0 Å². The van der Waals surface area contributed by atoms with E-state index in [4.69, 9.17) is 20.5 Å². The molecule has 0 aliphatic carbocycles. The lowest BCUT2D eigenvalue weighted by Crippen LogP contribution is -2.20. The first-order chi connectivity index (χ1) is 8.58. The molecule has 0 saturated heterocycles. The first kappa shape index (κ1) is 13.7. The maximum atomic E-state index is 10.6. The molecule has 0 spiro atoms. The number of hydrogen-bond donors (Lipinski definition) is 1. The highest BCUT2D eigenvalue weighted by atomic mass is 16.6. The van der Waals surface area contributed by atoms with E-state index in [2.05, 4.69) is 0 Å². The highest BCUT2D eigenvalue weighted by Gasteiger charge is 2.12. The molecule has 0 aromatic heterocycles. The smallest absolute Gasteiger partial charge is 0.273 e. The maximum Gasteiger partial charge on any atom is 0.273 e. The zero-order chi connectivity index (χ0) is 13.5. The molecule has 0 bridgehead atoms. The number of ether oxygens (including phenoxy) is 2. The largest absolute Gasteiger partial charge is 0.493 e. The van der Waals surface area contributed by atoms with Gasteiger partial charge in [-0.3, -0.25) is 10.1 Å². The number of nitrogens with two attached hydrogens (primary N) is 1. The molecule has 7 nitrogen and oxygen atoms in total. The Bertz CT molecular complexity index is 470. The van der Waals surface area contributed by atoms with Gasteiger partial charge in [-0.2, -0.15) is 5.26 Å². The van der Waals surface area contributed by atoms with Crippen molar-refractivity contribution < 1.29 is 14.4 Å². The summed E-state index contributed by atoms with van der Waals surface area (Å²) in [6.07, 6.45) is 0.336. The van der Waals surface area contributed by atoms with Gasteiger partial charge in [0.2, 0.25) is 0 Å². The predicted molar refractivity (Wildman–Crippen MR) is 63.3 cm³/mol. The number of non-ortho nitro benzene ring substituents is 1. The molecule has 0 aliphatic rings. The van der Waals surface area contributed by atoms with Gasteiger partial charge in [0.05, 0.1) is 36.8 Å². The highest BCUT2D eigenvalue weighted by molar-refractivity contribution is 5.48. The summed E-state index contributed by atoms with van der Waals surface area (Å²) in [5.74, 6) is 0.656. The van der Waals surface area contributed by atoms with Crippen LogP contribution in [0.1, 0.15) is 6.42 Å². The zero-order valence-electron chi connectivity index (χ0n) is 9.83. The van der Waals surface area contributed by atoms with Crippen molar-refractivity contribution >= 4 is 5.69 Å². The van der Waals surface area contributed by atoms with Crippen LogP contribution in [0.2, 0.25) is 0 Å². The third-order valence-electron chi connectivity index (χ3n) is 2.21. The molecule has 1 rings (SSSR count). The van der Waals surface area contributed by atoms with Crippen molar-refractivity contribution in [1.82, 2.24) is 0 Å². The van der Waals surface area contributed by atoms with E-state index >= 15 is 0 Å². The number of nitro groups is 1. The summed E-state index contributed by atoms with van der Waals surface area (Å²) in [4.78, 5) is 10.1. The van der Waals surface area contributed by atoms with Crippen LogP contribution in [-0.4, -0.2) is 24.7 Å². The first-order valence-electron chi connectivity index (χ1n) is 5.19. The Labute approximate surface area is 104 Å². The van der Waals surface area contributed by atoms with Gasteiger partial charge in [0, 0.05) is 12.5 Å². The lowest BCUT2D eigenvalue weighted by Gasteiger charge is -2.10. The van der Waals surface area contributed by atoms with E-state index < -0.39 is 11.0 Å². The number of nitrogens with zero attached hydrogens (tertiary/aromatic N) is 2. The minimum absolute atomic E-state index is 0.0876. The topological polar surface area (TPSA) is 111 Å². The van der Waals surface area contributed by atoms with E-state index in [0.717, 1.165) is 0 Å². The standard InChI is InChI=1S/C11H13N3O4/c1-17-10-3-2-9(14(15)16)6-11(10)18-5-4-8(13)7-12/h2-3,6,8H,4-5,13H2,1H3. The van der Waals surface area contributed by atoms with Gasteiger partial charge < -0.3 is 15.2 Å². The van der Waals surface area contributed by atoms with Crippen LogP contribution in [0.15, 0.2) is 18.2 Å². The van der Waals surface area contributed by atoms with E-state index in [0.29, 0.717) is 12.2 Å². The molecular formula is C11H13N3O4. The van der Waals surface area contributed by atoms with Crippen molar-refractivity contribution in [1.29, 1.82) is 5.26 Å². The third kappa shape index (κ3) is 3.61. The third-order valence-corrected chi connectivity index (χ3v) is 2.21. The molecule has 96 valence electrons. The second-order valence-corrected chi connectivity index (χ2v) is 3.47. The molecule has 1 aromatic carbocycles. The van der Waals surface area contributed by atoms with E-state index in [1.54, 1.807) is 0 Å². The molecule has 1 aromatic rings. The van der Waals surface area contributed by atoms with E-state index in [1.807, 2.05) is 6.07 Å². The van der Waals surface area contributed by atoms with Crippen molar-refractivity contribution in [3.63, 3.8) is 0 Å². The molecule has 0 amide bonds. The average Bonchev–Trinajstić information content (AvgIpc) is 2.38. The summed E-state index contributed by atoms with van der Waals surface area (Å²) >= 11 is 0. The van der Waals surface area contributed by atoms with Gasteiger partial charge in [0.1, 0.15) is 0 Å². The second-order valence-electron chi connectivity index (χ2n) is 3.47. The van der Waals surface area contributed by atoms with Gasteiger partial charge in [-0.1, -0.05) is 0 Å². The maximum absolute atomic E-state index is 10.6. The van der Waals surface area contributed by atoms with Crippen LogP contribution in [0.3, 0.4) is 0 Å². The fraction of sp³-hybridized carbons (Fsp3) is 0.364. The average molecular weight is 251 g/mol. The number of methoxy groups -OCH3 is 1. The molecule has 0 aliphatic heterocycles. The van der Waals surface area contributed by atoms with Crippen LogP contribution in [0.4, 0.5) is 5.69 Å². The van der Waals surface area contributed by atoms with Crippen molar-refractivity contribution in [2.75, 3.05) is 13.7 Å². The van der Waals surface area contributed by atoms with Crippen LogP contribution in [-0.2, 0) is 0 Å². The molecule has 7 heteroatoms. The fourth-order valence-electron chi connectivity index (χ4n) is 1.25. The number of rotatable bonds is 6. The minimum Gasteiger partial charge on any atom is -0.493 e. The Balaban J connectivity index is 2.76. The van der Waals surface area contributed by atoms with Gasteiger partial charge in [0.15, 0.2) is 11.5 Å². The predicted octanol–water partition coefficient (Wildman–Crippen LogP) is 1.22. The minimum atomic E-state index is -0.616. The molecule has 18 heavy (non-hydrogen) atoms. The van der Waals surface area contributed by atoms with Gasteiger partial charge in [0.25, 0.3) is 5.69 Å². The summed E-state index contributed by atoms with van der Waals surface area (Å²) < 4.78 is 10.4. The lowest BCUT2D eigenvalue weighted by molar-refractivity contribution is -0.385. The Morgan fingerprint density at radius 3 is 2.83 bits per heavy atom. The first-order valence-corrected chi connectivity index (χ1v) is 5.19. The lowest BCUT2D eigenvalue weighted by atomic mass is 10.2. The van der Waals surface area contributed by atoms with Crippen LogP contribution in [0, 0.1) is 21.4 Å². The Morgan fingerprint density at radius 1 is 1.56 bits per heavy atom. The summed E-state index contributed by atoms with van der Waals surface area (Å²) in [6, 6.07) is 5.31. The van der Waals surface area contributed by atoms with Crippen molar-refractivity contribution in [2.45, 2.75) is 12.5 Å². The monoisotopic (exact) mass is 251 g/mol. The van der Waals surface area contributed by atoms with Crippen molar-refractivity contribution in [3.05, 3.63) is 28.3 Å². The Hall–Kier alpha value is -2.33. The molecule has 1 unspecified atom stereocenters. The number of benzene rings is 1. The Kier molecular flexibility index (Phi) is 4.90. The number of hydrogen-bond acceptors (Lipinski definition) is 6.